The highest BCUT2D eigenvalue weighted by Crippen LogP contribution is 2.29. The minimum Gasteiger partial charge on any atom is -0.467 e. The van der Waals surface area contributed by atoms with Gasteiger partial charge in [-0.3, -0.25) is 4.79 Å². The van der Waals surface area contributed by atoms with Gasteiger partial charge in [-0.05, 0) is 36.6 Å². The van der Waals surface area contributed by atoms with Crippen molar-refractivity contribution < 1.29 is 14.0 Å². The van der Waals surface area contributed by atoms with Crippen molar-refractivity contribution in [1.29, 1.82) is 0 Å². The minimum atomic E-state index is -0.125. The van der Waals surface area contributed by atoms with Crippen molar-refractivity contribution in [3.63, 3.8) is 0 Å². The van der Waals surface area contributed by atoms with E-state index in [2.05, 4.69) is 10.6 Å². The van der Waals surface area contributed by atoms with Crippen LogP contribution in [0.1, 0.15) is 18.6 Å². The van der Waals surface area contributed by atoms with Crippen LogP contribution in [-0.2, 0) is 11.3 Å². The van der Waals surface area contributed by atoms with E-state index in [1.807, 2.05) is 60.7 Å². The summed E-state index contributed by atoms with van der Waals surface area (Å²) in [4.78, 5) is 27.0. The molecule has 0 unspecified atom stereocenters. The molecule has 30 heavy (non-hydrogen) atoms. The summed E-state index contributed by atoms with van der Waals surface area (Å²) in [6.07, 6.45) is 2.88. The van der Waals surface area contributed by atoms with E-state index >= 15 is 0 Å². The number of nitrogens with zero attached hydrogens (tertiary/aromatic N) is 1. The number of rotatable bonds is 5. The van der Waals surface area contributed by atoms with Crippen molar-refractivity contribution >= 4 is 17.6 Å². The van der Waals surface area contributed by atoms with E-state index in [1.165, 1.54) is 0 Å². The molecule has 2 N–H and O–H groups in total. The summed E-state index contributed by atoms with van der Waals surface area (Å²) in [6.45, 7) is 1.48. The van der Waals surface area contributed by atoms with Crippen LogP contribution >= 0.6 is 0 Å². The van der Waals surface area contributed by atoms with E-state index in [9.17, 15) is 9.59 Å². The van der Waals surface area contributed by atoms with Crippen molar-refractivity contribution in [1.82, 2.24) is 10.2 Å². The number of carbonyl (C=O) groups is 2. The van der Waals surface area contributed by atoms with E-state index in [4.69, 9.17) is 4.42 Å². The van der Waals surface area contributed by atoms with Crippen molar-refractivity contribution in [2.75, 3.05) is 18.4 Å². The number of likely N-dealkylation sites (tertiary alicyclic amines) is 1. The van der Waals surface area contributed by atoms with Gasteiger partial charge < -0.3 is 20.0 Å². The van der Waals surface area contributed by atoms with E-state index < -0.39 is 0 Å². The normalized spacial score (nSPS) is 14.3. The maximum absolute atomic E-state index is 12.9. The van der Waals surface area contributed by atoms with Gasteiger partial charge in [-0.1, -0.05) is 48.5 Å². The van der Waals surface area contributed by atoms with Crippen LogP contribution in [0, 0.1) is 5.92 Å². The number of anilines is 1. The van der Waals surface area contributed by atoms with Crippen LogP contribution in [0.3, 0.4) is 0 Å². The predicted octanol–water partition coefficient (Wildman–Crippen LogP) is 4.51. The van der Waals surface area contributed by atoms with Crippen molar-refractivity contribution in [3.05, 3.63) is 78.8 Å². The molecule has 6 nitrogen and oxygen atoms in total. The number of amides is 3. The molecule has 1 aromatic heterocycles. The number of benzene rings is 2. The highest BCUT2D eigenvalue weighted by atomic mass is 16.3. The average molecular weight is 403 g/mol. The van der Waals surface area contributed by atoms with E-state index in [0.29, 0.717) is 32.5 Å². The Kier molecular flexibility index (Phi) is 6.13. The number of furan rings is 1. The summed E-state index contributed by atoms with van der Waals surface area (Å²) < 4.78 is 5.23. The molecule has 1 aliphatic rings. The molecular weight excluding hydrogens is 378 g/mol. The number of hydrogen-bond acceptors (Lipinski definition) is 3. The molecule has 3 aromatic rings. The van der Waals surface area contributed by atoms with Gasteiger partial charge in [0.25, 0.3) is 0 Å². The fourth-order valence-corrected chi connectivity index (χ4v) is 3.73. The third-order valence-electron chi connectivity index (χ3n) is 5.42. The lowest BCUT2D eigenvalue weighted by atomic mass is 9.95. The molecule has 154 valence electrons. The summed E-state index contributed by atoms with van der Waals surface area (Å²) in [5, 5.41) is 5.95. The topological polar surface area (TPSA) is 74.6 Å². The fraction of sp³-hybridized carbons (Fsp3) is 0.250. The molecule has 0 spiro atoms. The first-order valence-corrected chi connectivity index (χ1v) is 10.2. The average Bonchev–Trinajstić information content (AvgIpc) is 3.32. The molecule has 0 saturated carbocycles. The molecule has 0 radical (unpaired) electrons. The maximum Gasteiger partial charge on any atom is 0.317 e. The molecule has 6 heteroatoms. The summed E-state index contributed by atoms with van der Waals surface area (Å²) in [6, 6.07) is 21.3. The summed E-state index contributed by atoms with van der Waals surface area (Å²) in [5.41, 5.74) is 2.88. The molecule has 3 amide bonds. The number of hydrogen-bond donors (Lipinski definition) is 2. The lowest BCUT2D eigenvalue weighted by molar-refractivity contribution is -0.121. The lowest BCUT2D eigenvalue weighted by Gasteiger charge is -2.31. The Bertz CT molecular complexity index is 978. The monoisotopic (exact) mass is 403 g/mol. The fourth-order valence-electron chi connectivity index (χ4n) is 3.73. The second kappa shape index (κ2) is 9.31. The molecule has 0 atom stereocenters. The zero-order valence-corrected chi connectivity index (χ0v) is 16.7. The highest BCUT2D eigenvalue weighted by Gasteiger charge is 2.27. The third-order valence-corrected chi connectivity index (χ3v) is 5.42. The second-order valence-corrected chi connectivity index (χ2v) is 7.40. The van der Waals surface area contributed by atoms with E-state index in [0.717, 1.165) is 22.6 Å². The minimum absolute atomic E-state index is 0.00836. The van der Waals surface area contributed by atoms with Crippen LogP contribution in [-0.4, -0.2) is 29.9 Å². The van der Waals surface area contributed by atoms with E-state index in [1.54, 1.807) is 17.2 Å². The molecule has 1 saturated heterocycles. The van der Waals surface area contributed by atoms with Gasteiger partial charge in [0.15, 0.2) is 0 Å². The smallest absolute Gasteiger partial charge is 0.317 e. The van der Waals surface area contributed by atoms with E-state index in [-0.39, 0.29) is 17.9 Å². The van der Waals surface area contributed by atoms with Gasteiger partial charge in [0, 0.05) is 30.3 Å². The number of carbonyl (C=O) groups excluding carboxylic acids is 2. The maximum atomic E-state index is 12.9. The number of nitrogens with one attached hydrogen (secondary N) is 2. The Morgan fingerprint density at radius 3 is 2.40 bits per heavy atom. The van der Waals surface area contributed by atoms with Gasteiger partial charge in [0.2, 0.25) is 5.91 Å². The molecule has 2 aromatic carbocycles. The molecule has 2 heterocycles. The van der Waals surface area contributed by atoms with Crippen molar-refractivity contribution in [2.45, 2.75) is 19.4 Å². The van der Waals surface area contributed by atoms with Crippen LogP contribution in [0.2, 0.25) is 0 Å². The Morgan fingerprint density at radius 1 is 0.933 bits per heavy atom. The Balaban J connectivity index is 1.31. The van der Waals surface area contributed by atoms with Gasteiger partial charge >= 0.3 is 6.03 Å². The molecule has 1 aliphatic heterocycles. The Hall–Kier alpha value is -3.54. The lowest BCUT2D eigenvalue weighted by Crippen LogP contribution is -2.45. The zero-order chi connectivity index (χ0) is 20.8. The van der Waals surface area contributed by atoms with Crippen LogP contribution in [0.15, 0.2) is 77.4 Å². The summed E-state index contributed by atoms with van der Waals surface area (Å²) >= 11 is 0. The SMILES string of the molecule is O=C(Nc1ccccc1-c1ccccc1)C1CCN(C(=O)NCc2ccco2)CC1. The number of para-hydroxylation sites is 1. The number of piperidine rings is 1. The standard InChI is InChI=1S/C24H25N3O3/c28-23(26-22-11-5-4-10-21(22)18-7-2-1-3-8-18)19-12-14-27(15-13-19)24(29)25-17-20-9-6-16-30-20/h1-11,16,19H,12-15,17H2,(H,25,29)(H,26,28). The predicted molar refractivity (Wildman–Crippen MR) is 116 cm³/mol. The van der Waals surface area contributed by atoms with Gasteiger partial charge in [0.1, 0.15) is 5.76 Å². The summed E-state index contributed by atoms with van der Waals surface area (Å²) in [7, 11) is 0. The van der Waals surface area contributed by atoms with Crippen LogP contribution < -0.4 is 10.6 Å². The molecule has 0 bridgehead atoms. The largest absolute Gasteiger partial charge is 0.467 e. The Morgan fingerprint density at radius 2 is 1.67 bits per heavy atom. The first-order chi connectivity index (χ1) is 14.7. The van der Waals surface area contributed by atoms with Crippen LogP contribution in [0.4, 0.5) is 10.5 Å². The molecular formula is C24H25N3O3. The van der Waals surface area contributed by atoms with Gasteiger partial charge in [-0.25, -0.2) is 4.79 Å². The van der Waals surface area contributed by atoms with Crippen molar-refractivity contribution in [2.24, 2.45) is 5.92 Å². The van der Waals surface area contributed by atoms with Gasteiger partial charge in [-0.2, -0.15) is 0 Å². The third kappa shape index (κ3) is 4.71. The first-order valence-electron chi connectivity index (χ1n) is 10.2. The second-order valence-electron chi connectivity index (χ2n) is 7.40. The Labute approximate surface area is 175 Å². The highest BCUT2D eigenvalue weighted by molar-refractivity contribution is 5.96. The molecule has 1 fully saturated rings. The molecule has 4 rings (SSSR count). The quantitative estimate of drug-likeness (QED) is 0.658. The van der Waals surface area contributed by atoms with Gasteiger partial charge in [-0.15, -0.1) is 0 Å². The zero-order valence-electron chi connectivity index (χ0n) is 16.7. The van der Waals surface area contributed by atoms with Crippen LogP contribution in [0.25, 0.3) is 11.1 Å². The first kappa shape index (κ1) is 19.8. The number of urea groups is 1. The van der Waals surface area contributed by atoms with Crippen molar-refractivity contribution in [3.8, 4) is 11.1 Å². The summed E-state index contributed by atoms with van der Waals surface area (Å²) in [5.74, 6) is 0.617. The van der Waals surface area contributed by atoms with Crippen LogP contribution in [0.5, 0.6) is 0 Å². The van der Waals surface area contributed by atoms with Gasteiger partial charge in [0.05, 0.1) is 12.8 Å². The molecule has 0 aliphatic carbocycles.